The van der Waals surface area contributed by atoms with Crippen molar-refractivity contribution in [2.75, 3.05) is 11.4 Å². The highest BCUT2D eigenvalue weighted by Crippen LogP contribution is 2.25. The lowest BCUT2D eigenvalue weighted by Crippen LogP contribution is -2.36. The predicted molar refractivity (Wildman–Crippen MR) is 88.2 cm³/mol. The number of hydrogen-bond acceptors (Lipinski definition) is 3. The van der Waals surface area contributed by atoms with Crippen LogP contribution >= 0.6 is 0 Å². The highest BCUT2D eigenvalue weighted by Gasteiger charge is 2.45. The number of aromatic nitrogens is 1. The van der Waals surface area contributed by atoms with Crippen LogP contribution < -0.4 is 4.90 Å². The lowest BCUT2D eigenvalue weighted by atomic mass is 10.1. The number of urea groups is 1. The second-order valence-corrected chi connectivity index (χ2v) is 5.58. The summed E-state index contributed by atoms with van der Waals surface area (Å²) in [6.45, 7) is 4.22. The van der Waals surface area contributed by atoms with Gasteiger partial charge in [0.15, 0.2) is 0 Å². The Balaban J connectivity index is 1.92. The second-order valence-electron chi connectivity index (χ2n) is 5.58. The molecule has 0 unspecified atom stereocenters. The van der Waals surface area contributed by atoms with Gasteiger partial charge in [0.05, 0.1) is 0 Å². The molecule has 1 aromatic heterocycles. The van der Waals surface area contributed by atoms with E-state index in [9.17, 15) is 9.59 Å². The summed E-state index contributed by atoms with van der Waals surface area (Å²) in [6.07, 6.45) is 0.515. The Bertz CT molecular complexity index is 730. The summed E-state index contributed by atoms with van der Waals surface area (Å²) in [5.41, 5.74) is 1.81. The van der Waals surface area contributed by atoms with Crippen LogP contribution in [0, 0.1) is 6.92 Å². The van der Waals surface area contributed by atoms with Crippen molar-refractivity contribution >= 4 is 17.8 Å². The Morgan fingerprint density at radius 2 is 1.78 bits per heavy atom. The molecule has 2 aromatic rings. The van der Waals surface area contributed by atoms with E-state index in [0.29, 0.717) is 18.8 Å². The number of likely N-dealkylation sites (N-methyl/N-ethyl adjacent to an activating group) is 1. The Kier molecular flexibility index (Phi) is 4.10. The number of carbonyl (C=O) groups is 2. The Morgan fingerprint density at radius 1 is 1.04 bits per heavy atom. The fourth-order valence-electron chi connectivity index (χ4n) is 2.89. The summed E-state index contributed by atoms with van der Waals surface area (Å²) < 4.78 is 0. The molecule has 5 heteroatoms. The largest absolute Gasteiger partial charge is 0.333 e. The molecule has 0 radical (unpaired) electrons. The van der Waals surface area contributed by atoms with E-state index >= 15 is 0 Å². The molecule has 2 heterocycles. The van der Waals surface area contributed by atoms with Gasteiger partial charge in [-0.1, -0.05) is 36.4 Å². The first kappa shape index (κ1) is 15.2. The summed E-state index contributed by atoms with van der Waals surface area (Å²) in [5, 5.41) is 0. The second kappa shape index (κ2) is 6.20. The van der Waals surface area contributed by atoms with Crippen LogP contribution in [0.3, 0.4) is 0 Å². The molecule has 23 heavy (non-hydrogen) atoms. The number of imide groups is 1. The van der Waals surface area contributed by atoms with Crippen molar-refractivity contribution in [1.29, 1.82) is 0 Å². The average molecular weight is 309 g/mol. The first-order chi connectivity index (χ1) is 11.1. The maximum absolute atomic E-state index is 12.8. The summed E-state index contributed by atoms with van der Waals surface area (Å²) >= 11 is 0. The zero-order valence-corrected chi connectivity index (χ0v) is 13.3. The molecule has 1 fully saturated rings. The number of benzene rings is 1. The predicted octanol–water partition coefficient (Wildman–Crippen LogP) is 2.79. The van der Waals surface area contributed by atoms with Gasteiger partial charge in [-0.15, -0.1) is 0 Å². The minimum Gasteiger partial charge on any atom is -0.312 e. The number of aryl methyl sites for hydroxylation is 1. The number of anilines is 1. The SMILES string of the molecule is CCN1C(=O)N(c2cccc(C)n2)C(=O)[C@@H]1Cc1ccccc1. The smallest absolute Gasteiger partial charge is 0.312 e. The molecule has 3 amide bonds. The first-order valence-electron chi connectivity index (χ1n) is 7.74. The minimum absolute atomic E-state index is 0.209. The van der Waals surface area contributed by atoms with Crippen LogP contribution in [0.1, 0.15) is 18.2 Å². The van der Waals surface area contributed by atoms with Gasteiger partial charge in [-0.2, -0.15) is 0 Å². The van der Waals surface area contributed by atoms with Gasteiger partial charge in [0, 0.05) is 18.7 Å². The quantitative estimate of drug-likeness (QED) is 0.816. The van der Waals surface area contributed by atoms with Gasteiger partial charge in [-0.05, 0) is 31.5 Å². The van der Waals surface area contributed by atoms with Crippen LogP contribution in [0.25, 0.3) is 0 Å². The minimum atomic E-state index is -0.475. The van der Waals surface area contributed by atoms with Gasteiger partial charge in [0.25, 0.3) is 5.91 Å². The third-order valence-corrected chi connectivity index (χ3v) is 4.03. The van der Waals surface area contributed by atoms with Crippen LogP contribution in [0.15, 0.2) is 48.5 Å². The van der Waals surface area contributed by atoms with E-state index < -0.39 is 6.04 Å². The fraction of sp³-hybridized carbons (Fsp3) is 0.278. The Morgan fingerprint density at radius 3 is 2.43 bits per heavy atom. The van der Waals surface area contributed by atoms with Crippen LogP contribution in [-0.2, 0) is 11.2 Å². The van der Waals surface area contributed by atoms with E-state index in [4.69, 9.17) is 0 Å². The fourth-order valence-corrected chi connectivity index (χ4v) is 2.89. The molecule has 0 bridgehead atoms. The van der Waals surface area contributed by atoms with Crippen LogP contribution in [0.5, 0.6) is 0 Å². The van der Waals surface area contributed by atoms with Crippen molar-refractivity contribution in [2.45, 2.75) is 26.3 Å². The average Bonchev–Trinajstić information content (AvgIpc) is 2.78. The number of carbonyl (C=O) groups excluding carboxylic acids is 2. The highest BCUT2D eigenvalue weighted by atomic mass is 16.2. The lowest BCUT2D eigenvalue weighted by Gasteiger charge is -2.19. The first-order valence-corrected chi connectivity index (χ1v) is 7.74. The van der Waals surface area contributed by atoms with Gasteiger partial charge in [0.1, 0.15) is 11.9 Å². The number of nitrogens with zero attached hydrogens (tertiary/aromatic N) is 3. The number of pyridine rings is 1. The van der Waals surface area contributed by atoms with Gasteiger partial charge in [-0.25, -0.2) is 14.7 Å². The van der Waals surface area contributed by atoms with Gasteiger partial charge >= 0.3 is 6.03 Å². The zero-order chi connectivity index (χ0) is 16.4. The summed E-state index contributed by atoms with van der Waals surface area (Å²) in [4.78, 5) is 32.6. The third-order valence-electron chi connectivity index (χ3n) is 4.03. The molecule has 1 aliphatic rings. The van der Waals surface area contributed by atoms with Crippen molar-refractivity contribution in [3.8, 4) is 0 Å². The van der Waals surface area contributed by atoms with Crippen LogP contribution in [0.4, 0.5) is 10.6 Å². The van der Waals surface area contributed by atoms with E-state index in [1.807, 2.05) is 50.2 Å². The highest BCUT2D eigenvalue weighted by molar-refractivity contribution is 6.20. The lowest BCUT2D eigenvalue weighted by molar-refractivity contribution is -0.119. The summed E-state index contributed by atoms with van der Waals surface area (Å²) in [6, 6.07) is 14.3. The van der Waals surface area contributed by atoms with Crippen molar-refractivity contribution in [2.24, 2.45) is 0 Å². The van der Waals surface area contributed by atoms with Crippen molar-refractivity contribution in [1.82, 2.24) is 9.88 Å². The van der Waals surface area contributed by atoms with Crippen molar-refractivity contribution in [3.05, 3.63) is 59.8 Å². The Hall–Kier alpha value is -2.69. The molecule has 1 aliphatic heterocycles. The number of hydrogen-bond donors (Lipinski definition) is 0. The summed E-state index contributed by atoms with van der Waals surface area (Å²) in [7, 11) is 0. The molecular formula is C18H19N3O2. The van der Waals surface area contributed by atoms with Crippen LogP contribution in [-0.4, -0.2) is 34.4 Å². The maximum Gasteiger partial charge on any atom is 0.333 e. The maximum atomic E-state index is 12.8. The molecule has 3 rings (SSSR count). The molecule has 1 atom stereocenters. The van der Waals surface area contributed by atoms with E-state index in [1.165, 1.54) is 4.90 Å². The molecule has 0 saturated carbocycles. The van der Waals surface area contributed by atoms with E-state index in [-0.39, 0.29) is 11.9 Å². The molecule has 1 saturated heterocycles. The molecule has 0 spiro atoms. The van der Waals surface area contributed by atoms with E-state index in [0.717, 1.165) is 11.3 Å². The number of rotatable bonds is 4. The van der Waals surface area contributed by atoms with Crippen molar-refractivity contribution in [3.63, 3.8) is 0 Å². The van der Waals surface area contributed by atoms with Gasteiger partial charge in [0.2, 0.25) is 0 Å². The van der Waals surface area contributed by atoms with Crippen LogP contribution in [0.2, 0.25) is 0 Å². The molecule has 5 nitrogen and oxygen atoms in total. The van der Waals surface area contributed by atoms with E-state index in [2.05, 4.69) is 4.98 Å². The van der Waals surface area contributed by atoms with Gasteiger partial charge < -0.3 is 4.90 Å². The van der Waals surface area contributed by atoms with E-state index in [1.54, 1.807) is 17.0 Å². The zero-order valence-electron chi connectivity index (χ0n) is 13.3. The molecule has 0 N–H and O–H groups in total. The summed E-state index contributed by atoms with van der Waals surface area (Å²) in [5.74, 6) is 0.188. The topological polar surface area (TPSA) is 53.5 Å². The Labute approximate surface area is 135 Å². The normalized spacial score (nSPS) is 17.9. The van der Waals surface area contributed by atoms with Gasteiger partial charge in [-0.3, -0.25) is 4.79 Å². The standard InChI is InChI=1S/C18H19N3O2/c1-3-20-15(12-14-9-5-4-6-10-14)17(22)21(18(20)23)16-11-7-8-13(2)19-16/h4-11,15H,3,12H2,1-2H3/t15-/m0/s1. The monoisotopic (exact) mass is 309 g/mol. The molecule has 0 aliphatic carbocycles. The van der Waals surface area contributed by atoms with Crippen molar-refractivity contribution < 1.29 is 9.59 Å². The third kappa shape index (κ3) is 2.82. The molecule has 1 aromatic carbocycles. The number of amides is 3. The molecular weight excluding hydrogens is 290 g/mol. The molecule has 118 valence electrons.